The normalized spacial score (nSPS) is 10.7. The van der Waals surface area contributed by atoms with Crippen LogP contribution in [0.2, 0.25) is 0 Å². The molecule has 112 valence electrons. The molecule has 0 radical (unpaired) electrons. The van der Waals surface area contributed by atoms with Crippen LogP contribution in [0.4, 0.5) is 10.7 Å². The van der Waals surface area contributed by atoms with Crippen LogP contribution in [0.15, 0.2) is 0 Å². The number of anilines is 2. The maximum atomic E-state index is 11.6. The molecular weight excluding hydrogens is 280 g/mol. The topological polar surface area (TPSA) is 102 Å². The van der Waals surface area contributed by atoms with E-state index >= 15 is 0 Å². The molecule has 1 heterocycles. The molecule has 0 aliphatic carbocycles. The molecule has 1 aromatic heterocycles. The van der Waals surface area contributed by atoms with E-state index in [-0.39, 0.29) is 16.1 Å². The molecule has 1 rings (SSSR count). The van der Waals surface area contributed by atoms with Gasteiger partial charge in [-0.3, -0.25) is 4.79 Å². The number of ether oxygens (including phenoxy) is 1. The van der Waals surface area contributed by atoms with Gasteiger partial charge in [0.2, 0.25) is 0 Å². The summed E-state index contributed by atoms with van der Waals surface area (Å²) in [5.41, 5.74) is 11.5. The lowest BCUT2D eigenvalue weighted by Gasteiger charge is -2.20. The van der Waals surface area contributed by atoms with Gasteiger partial charge in [0.05, 0.1) is 18.4 Å². The van der Waals surface area contributed by atoms with E-state index in [0.717, 1.165) is 17.9 Å². The summed E-state index contributed by atoms with van der Waals surface area (Å²) < 4.78 is 4.66. The lowest BCUT2D eigenvalue weighted by molar-refractivity contribution is 0.0607. The third-order valence-corrected chi connectivity index (χ3v) is 4.07. The van der Waals surface area contributed by atoms with Crippen LogP contribution >= 0.6 is 11.3 Å². The van der Waals surface area contributed by atoms with Gasteiger partial charge in [0.15, 0.2) is 0 Å². The summed E-state index contributed by atoms with van der Waals surface area (Å²) >= 11 is 1.11. The first kappa shape index (κ1) is 16.3. The standard InChI is InChI=1S/C12H20N4O3S/c1-15(2)5-6-16(3)11-7(10(14)17)8(13)9(20-11)12(18)19-4/h5-6,13H2,1-4H3,(H2,14,17). The van der Waals surface area contributed by atoms with Crippen LogP contribution in [-0.2, 0) is 4.74 Å². The molecule has 1 aromatic rings. The van der Waals surface area contributed by atoms with Crippen LogP contribution < -0.4 is 16.4 Å². The maximum Gasteiger partial charge on any atom is 0.350 e. The molecule has 0 unspecified atom stereocenters. The molecule has 0 spiro atoms. The van der Waals surface area contributed by atoms with Crippen molar-refractivity contribution in [2.24, 2.45) is 5.73 Å². The molecule has 0 aliphatic heterocycles. The lowest BCUT2D eigenvalue weighted by Crippen LogP contribution is -2.29. The molecule has 0 fully saturated rings. The van der Waals surface area contributed by atoms with Crippen molar-refractivity contribution in [3.05, 3.63) is 10.4 Å². The average molecular weight is 300 g/mol. The number of nitrogens with zero attached hydrogens (tertiary/aromatic N) is 2. The molecule has 0 aliphatic rings. The van der Waals surface area contributed by atoms with Gasteiger partial charge in [0.25, 0.3) is 5.91 Å². The van der Waals surface area contributed by atoms with E-state index in [0.29, 0.717) is 11.5 Å². The molecule has 0 saturated heterocycles. The van der Waals surface area contributed by atoms with E-state index in [4.69, 9.17) is 11.5 Å². The Balaban J connectivity index is 3.17. The predicted octanol–water partition coefficient (Wildman–Crippen LogP) is 0.214. The van der Waals surface area contributed by atoms with Gasteiger partial charge in [-0.2, -0.15) is 0 Å². The second kappa shape index (κ2) is 6.58. The first-order valence-electron chi connectivity index (χ1n) is 5.95. The van der Waals surface area contributed by atoms with Crippen molar-refractivity contribution in [3.63, 3.8) is 0 Å². The Morgan fingerprint density at radius 2 is 1.85 bits per heavy atom. The Morgan fingerprint density at radius 3 is 2.30 bits per heavy atom. The number of nitrogens with two attached hydrogens (primary N) is 2. The number of carbonyl (C=O) groups excluding carboxylic acids is 2. The first-order valence-corrected chi connectivity index (χ1v) is 6.77. The number of rotatable bonds is 6. The number of esters is 1. The third-order valence-electron chi connectivity index (χ3n) is 2.77. The smallest absolute Gasteiger partial charge is 0.350 e. The van der Waals surface area contributed by atoms with Crippen LogP contribution in [0, 0.1) is 0 Å². The van der Waals surface area contributed by atoms with Crippen LogP contribution in [0.5, 0.6) is 0 Å². The minimum Gasteiger partial charge on any atom is -0.465 e. The summed E-state index contributed by atoms with van der Waals surface area (Å²) in [7, 11) is 6.99. The highest BCUT2D eigenvalue weighted by Crippen LogP contribution is 2.37. The van der Waals surface area contributed by atoms with Crippen molar-refractivity contribution in [1.29, 1.82) is 0 Å². The number of thiophene rings is 1. The molecule has 0 saturated carbocycles. The Morgan fingerprint density at radius 1 is 1.25 bits per heavy atom. The van der Waals surface area contributed by atoms with E-state index < -0.39 is 11.9 Å². The summed E-state index contributed by atoms with van der Waals surface area (Å²) in [6.07, 6.45) is 0. The fraction of sp³-hybridized carbons (Fsp3) is 0.500. The van der Waals surface area contributed by atoms with Gasteiger partial charge in [-0.15, -0.1) is 11.3 Å². The molecule has 7 nitrogen and oxygen atoms in total. The average Bonchev–Trinajstić information content (AvgIpc) is 2.72. The summed E-state index contributed by atoms with van der Waals surface area (Å²) in [4.78, 5) is 27.3. The fourth-order valence-corrected chi connectivity index (χ4v) is 2.77. The second-order valence-corrected chi connectivity index (χ2v) is 5.60. The number of primary amides is 1. The zero-order valence-corrected chi connectivity index (χ0v) is 12.9. The van der Waals surface area contributed by atoms with Gasteiger partial charge in [-0.05, 0) is 14.1 Å². The number of methoxy groups -OCH3 is 1. The van der Waals surface area contributed by atoms with Crippen molar-refractivity contribution in [2.45, 2.75) is 0 Å². The maximum absolute atomic E-state index is 11.6. The van der Waals surface area contributed by atoms with Crippen molar-refractivity contribution >= 4 is 33.9 Å². The zero-order chi connectivity index (χ0) is 15.4. The Bertz CT molecular complexity index is 513. The number of likely N-dealkylation sites (N-methyl/N-ethyl adjacent to an activating group) is 2. The molecule has 8 heteroatoms. The Kier molecular flexibility index (Phi) is 5.34. The van der Waals surface area contributed by atoms with E-state index in [1.807, 2.05) is 30.9 Å². The molecule has 0 atom stereocenters. The quantitative estimate of drug-likeness (QED) is 0.728. The van der Waals surface area contributed by atoms with Crippen molar-refractivity contribution in [1.82, 2.24) is 4.90 Å². The summed E-state index contributed by atoms with van der Waals surface area (Å²) in [6.45, 7) is 1.47. The Labute approximate surface area is 122 Å². The van der Waals surface area contributed by atoms with E-state index in [1.54, 1.807) is 0 Å². The Hall–Kier alpha value is -1.80. The van der Waals surface area contributed by atoms with Crippen LogP contribution in [0.25, 0.3) is 0 Å². The minimum atomic E-state index is -0.652. The zero-order valence-electron chi connectivity index (χ0n) is 12.1. The van der Waals surface area contributed by atoms with E-state index in [1.165, 1.54) is 7.11 Å². The van der Waals surface area contributed by atoms with Crippen molar-refractivity contribution in [3.8, 4) is 0 Å². The summed E-state index contributed by atoms with van der Waals surface area (Å²) in [5.74, 6) is -1.22. The SMILES string of the molecule is COC(=O)c1sc(N(C)CCN(C)C)c(C(N)=O)c1N. The van der Waals surface area contributed by atoms with Gasteiger partial charge in [-0.1, -0.05) is 0 Å². The number of amides is 1. The van der Waals surface area contributed by atoms with Gasteiger partial charge in [0, 0.05) is 20.1 Å². The number of carbonyl (C=O) groups is 2. The number of hydrogen-bond acceptors (Lipinski definition) is 7. The predicted molar refractivity (Wildman–Crippen MR) is 80.4 cm³/mol. The summed E-state index contributed by atoms with van der Waals surface area (Å²) in [5, 5.41) is 0.581. The lowest BCUT2D eigenvalue weighted by atomic mass is 10.2. The number of nitrogen functional groups attached to an aromatic ring is 1. The fourth-order valence-electron chi connectivity index (χ4n) is 1.63. The molecular formula is C12H20N4O3S. The van der Waals surface area contributed by atoms with Crippen LogP contribution in [0.3, 0.4) is 0 Å². The largest absolute Gasteiger partial charge is 0.465 e. The first-order chi connectivity index (χ1) is 9.29. The molecule has 20 heavy (non-hydrogen) atoms. The second-order valence-electron chi connectivity index (χ2n) is 4.61. The van der Waals surface area contributed by atoms with Crippen molar-refractivity contribution in [2.75, 3.05) is 52.0 Å². The van der Waals surface area contributed by atoms with Gasteiger partial charge < -0.3 is 26.0 Å². The van der Waals surface area contributed by atoms with E-state index in [2.05, 4.69) is 4.74 Å². The van der Waals surface area contributed by atoms with Crippen LogP contribution in [0.1, 0.15) is 20.0 Å². The molecule has 0 aromatic carbocycles. The van der Waals surface area contributed by atoms with Gasteiger partial charge in [0.1, 0.15) is 9.88 Å². The third kappa shape index (κ3) is 3.40. The highest BCUT2D eigenvalue weighted by atomic mass is 32.1. The highest BCUT2D eigenvalue weighted by Gasteiger charge is 2.26. The van der Waals surface area contributed by atoms with Gasteiger partial charge >= 0.3 is 5.97 Å². The van der Waals surface area contributed by atoms with E-state index in [9.17, 15) is 9.59 Å². The monoisotopic (exact) mass is 300 g/mol. The molecule has 0 bridgehead atoms. The minimum absolute atomic E-state index is 0.0843. The molecule has 4 N–H and O–H groups in total. The van der Waals surface area contributed by atoms with Crippen molar-refractivity contribution < 1.29 is 14.3 Å². The number of hydrogen-bond donors (Lipinski definition) is 2. The highest BCUT2D eigenvalue weighted by molar-refractivity contribution is 7.19. The summed E-state index contributed by atoms with van der Waals surface area (Å²) in [6, 6.07) is 0. The van der Waals surface area contributed by atoms with Gasteiger partial charge in [-0.25, -0.2) is 4.79 Å². The van der Waals surface area contributed by atoms with Crippen LogP contribution in [-0.4, -0.2) is 58.1 Å². The molecule has 1 amide bonds.